The van der Waals surface area contributed by atoms with E-state index in [0.717, 1.165) is 0 Å². The van der Waals surface area contributed by atoms with Crippen LogP contribution in [-0.2, 0) is 19.5 Å². The summed E-state index contributed by atoms with van der Waals surface area (Å²) in [6.07, 6.45) is 0. The molecule has 0 aliphatic heterocycles. The first-order valence-corrected chi connectivity index (χ1v) is 1.67. The van der Waals surface area contributed by atoms with E-state index >= 15 is 0 Å². The summed E-state index contributed by atoms with van der Waals surface area (Å²) in [5, 5.41) is 0. The summed E-state index contributed by atoms with van der Waals surface area (Å²) < 4.78 is 0. The average Bonchev–Trinajstić information content (AvgIpc) is 1.76. The van der Waals surface area contributed by atoms with Gasteiger partial charge in [-0.1, -0.05) is 0 Å². The Morgan fingerprint density at radius 2 is 1.43 bits per heavy atom. The third-order valence-electron chi connectivity index (χ3n) is 0.556. The predicted molar refractivity (Wildman–Crippen MR) is 22.0 cm³/mol. The van der Waals surface area contributed by atoms with Gasteiger partial charge < -0.3 is 0 Å². The summed E-state index contributed by atoms with van der Waals surface area (Å²) in [5.74, 6) is 0. The van der Waals surface area contributed by atoms with E-state index in [4.69, 9.17) is 0 Å². The molecule has 0 unspecified atom stereocenters. The maximum absolute atomic E-state index is 2.00. The van der Waals surface area contributed by atoms with Crippen LogP contribution in [0, 0.1) is 0 Å². The molecule has 0 saturated carbocycles. The van der Waals surface area contributed by atoms with Gasteiger partial charge in [-0.05, 0) is 0 Å². The SMILES string of the molecule is [K+].[Ru].c1cc[cH-]c1. The Morgan fingerprint density at radius 3 is 1.57 bits per heavy atom. The maximum Gasteiger partial charge on any atom is 1.00 e. The standard InChI is InChI=1S/C5H5.K.Ru/c1-2-4-5-3-1;;/h1-5H;;/q-1;+1;. The van der Waals surface area contributed by atoms with Gasteiger partial charge in [0.2, 0.25) is 0 Å². The number of hydrogen-bond donors (Lipinski definition) is 0. The number of hydrogen-bond acceptors (Lipinski definition) is 0. The molecule has 34 valence electrons. The molecule has 0 spiro atoms. The summed E-state index contributed by atoms with van der Waals surface area (Å²) in [5.41, 5.74) is 0. The Balaban J connectivity index is 0. The van der Waals surface area contributed by atoms with Crippen LogP contribution in [-0.4, -0.2) is 0 Å². The Morgan fingerprint density at radius 1 is 1.00 bits per heavy atom. The first kappa shape index (κ1) is 11.4. The van der Waals surface area contributed by atoms with Crippen LogP contribution in [0.3, 0.4) is 0 Å². The molecule has 2 heteroatoms. The summed E-state index contributed by atoms with van der Waals surface area (Å²) in [6, 6.07) is 10.0. The predicted octanol–water partition coefficient (Wildman–Crippen LogP) is -1.59. The maximum atomic E-state index is 2.00. The van der Waals surface area contributed by atoms with Crippen molar-refractivity contribution in [1.82, 2.24) is 0 Å². The first-order valence-electron chi connectivity index (χ1n) is 1.67. The summed E-state index contributed by atoms with van der Waals surface area (Å²) in [7, 11) is 0. The molecule has 0 fully saturated rings. The molecule has 0 aliphatic rings. The zero-order valence-corrected chi connectivity index (χ0v) is 9.10. The van der Waals surface area contributed by atoms with Gasteiger partial charge in [0, 0.05) is 19.5 Å². The normalized spacial score (nSPS) is 5.71. The first-order chi connectivity index (χ1) is 2.50. The second-order valence-corrected chi connectivity index (χ2v) is 0.962. The monoisotopic (exact) mass is 206 g/mol. The molecule has 0 nitrogen and oxygen atoms in total. The smallest absolute Gasteiger partial charge is 0.214 e. The average molecular weight is 205 g/mol. The van der Waals surface area contributed by atoms with Gasteiger partial charge in [-0.3, -0.25) is 0 Å². The quantitative estimate of drug-likeness (QED) is 0.354. The zero-order valence-electron chi connectivity index (χ0n) is 4.24. The largest absolute Gasteiger partial charge is 1.00 e. The van der Waals surface area contributed by atoms with Crippen LogP contribution in [0.4, 0.5) is 0 Å². The molecular weight excluding hydrogens is 200 g/mol. The van der Waals surface area contributed by atoms with Crippen molar-refractivity contribution < 1.29 is 70.9 Å². The van der Waals surface area contributed by atoms with Gasteiger partial charge in [0.1, 0.15) is 0 Å². The summed E-state index contributed by atoms with van der Waals surface area (Å²) in [6.45, 7) is 0. The van der Waals surface area contributed by atoms with Crippen LogP contribution in [0.5, 0.6) is 0 Å². The zero-order chi connectivity index (χ0) is 3.54. The Hall–Kier alpha value is 1.61. The van der Waals surface area contributed by atoms with Gasteiger partial charge in [-0.15, -0.1) is 0 Å². The van der Waals surface area contributed by atoms with E-state index in [0.29, 0.717) is 0 Å². The van der Waals surface area contributed by atoms with Crippen molar-refractivity contribution in [2.75, 3.05) is 0 Å². The topological polar surface area (TPSA) is 0 Å². The molecule has 0 bridgehead atoms. The Bertz CT molecular complexity index is 64.6. The molecule has 0 aliphatic carbocycles. The van der Waals surface area contributed by atoms with Crippen molar-refractivity contribution in [3.8, 4) is 0 Å². The van der Waals surface area contributed by atoms with E-state index in [9.17, 15) is 0 Å². The molecule has 0 aromatic heterocycles. The minimum Gasteiger partial charge on any atom is -0.214 e. The van der Waals surface area contributed by atoms with Gasteiger partial charge in [0.05, 0.1) is 0 Å². The van der Waals surface area contributed by atoms with Crippen molar-refractivity contribution in [2.45, 2.75) is 0 Å². The molecule has 0 amide bonds. The minimum atomic E-state index is 0. The molecule has 0 atom stereocenters. The van der Waals surface area contributed by atoms with Gasteiger partial charge in [0.25, 0.3) is 0 Å². The third-order valence-corrected chi connectivity index (χ3v) is 0.556. The van der Waals surface area contributed by atoms with E-state index in [1.54, 1.807) is 0 Å². The van der Waals surface area contributed by atoms with Crippen LogP contribution in [0.25, 0.3) is 0 Å². The van der Waals surface area contributed by atoms with Gasteiger partial charge in [-0.25, -0.2) is 12.1 Å². The van der Waals surface area contributed by atoms with Crippen LogP contribution >= 0.6 is 0 Å². The van der Waals surface area contributed by atoms with Gasteiger partial charge in [0.15, 0.2) is 0 Å². The molecule has 1 rings (SSSR count). The fraction of sp³-hybridized carbons (Fsp3) is 0. The Kier molecular flexibility index (Phi) is 12.4. The van der Waals surface area contributed by atoms with E-state index in [-0.39, 0.29) is 70.9 Å². The van der Waals surface area contributed by atoms with Crippen molar-refractivity contribution in [3.63, 3.8) is 0 Å². The van der Waals surface area contributed by atoms with Crippen LogP contribution < -0.4 is 51.4 Å². The summed E-state index contributed by atoms with van der Waals surface area (Å²) >= 11 is 0. The van der Waals surface area contributed by atoms with E-state index < -0.39 is 0 Å². The van der Waals surface area contributed by atoms with Crippen molar-refractivity contribution in [1.29, 1.82) is 0 Å². The molecule has 1 aromatic rings. The summed E-state index contributed by atoms with van der Waals surface area (Å²) in [4.78, 5) is 0. The molecule has 0 saturated heterocycles. The molecule has 0 heterocycles. The Labute approximate surface area is 99.2 Å². The van der Waals surface area contributed by atoms with E-state index in [1.807, 2.05) is 30.3 Å². The second-order valence-electron chi connectivity index (χ2n) is 0.962. The molecule has 0 N–H and O–H groups in total. The van der Waals surface area contributed by atoms with Crippen LogP contribution in [0.1, 0.15) is 0 Å². The van der Waals surface area contributed by atoms with E-state index in [1.165, 1.54) is 0 Å². The van der Waals surface area contributed by atoms with Crippen molar-refractivity contribution in [2.24, 2.45) is 0 Å². The molecule has 0 radical (unpaired) electrons. The fourth-order valence-corrected chi connectivity index (χ4v) is 0.321. The molecule has 1 aromatic carbocycles. The second kappa shape index (κ2) is 7.61. The minimum absolute atomic E-state index is 0. The van der Waals surface area contributed by atoms with E-state index in [2.05, 4.69) is 0 Å². The van der Waals surface area contributed by atoms with Crippen molar-refractivity contribution >= 4 is 0 Å². The number of rotatable bonds is 0. The third kappa shape index (κ3) is 5.48. The van der Waals surface area contributed by atoms with Gasteiger partial charge >= 0.3 is 51.4 Å². The molecule has 7 heavy (non-hydrogen) atoms. The fourth-order valence-electron chi connectivity index (χ4n) is 0.321. The molecular formula is C5H5KRu. The van der Waals surface area contributed by atoms with Crippen LogP contribution in [0.15, 0.2) is 30.3 Å². The van der Waals surface area contributed by atoms with Gasteiger partial charge in [-0.2, -0.15) is 18.2 Å². The van der Waals surface area contributed by atoms with Crippen LogP contribution in [0.2, 0.25) is 0 Å². The van der Waals surface area contributed by atoms with Crippen molar-refractivity contribution in [3.05, 3.63) is 30.3 Å².